The van der Waals surface area contributed by atoms with Crippen LogP contribution in [0, 0.1) is 0 Å². The van der Waals surface area contributed by atoms with Gasteiger partial charge in [0, 0.05) is 37.5 Å². The number of nitrogens with one attached hydrogen (secondary N) is 1. The monoisotopic (exact) mass is 471 g/mol. The summed E-state index contributed by atoms with van der Waals surface area (Å²) in [4.78, 5) is 1.97. The standard InChI is InChI=1S/C19H22ClN3O5S2/c1-29(24,25)15-3-2-4-16(13-15)30(26,27)23-9-10-28-19-17(11-14(20)12-18(19)23)22-7-5-21-6-8-22/h2-4,11-13,21H,5-10H2,1H3. The Bertz CT molecular complexity index is 1180. The van der Waals surface area contributed by atoms with Crippen LogP contribution in [0.15, 0.2) is 46.2 Å². The number of sulfonamides is 1. The molecule has 0 aliphatic carbocycles. The molecule has 1 N–H and O–H groups in total. The highest BCUT2D eigenvalue weighted by molar-refractivity contribution is 7.93. The molecule has 8 nitrogen and oxygen atoms in total. The Labute approximate surface area is 181 Å². The minimum atomic E-state index is -4.02. The molecule has 0 bridgehead atoms. The minimum absolute atomic E-state index is 0.0512. The van der Waals surface area contributed by atoms with E-state index >= 15 is 0 Å². The Hall–Kier alpha value is -2.01. The van der Waals surface area contributed by atoms with Crippen LogP contribution in [0.3, 0.4) is 0 Å². The van der Waals surface area contributed by atoms with Gasteiger partial charge in [0.15, 0.2) is 15.6 Å². The van der Waals surface area contributed by atoms with Crippen molar-refractivity contribution in [3.05, 3.63) is 41.4 Å². The van der Waals surface area contributed by atoms with Crippen molar-refractivity contribution < 1.29 is 21.6 Å². The number of fused-ring (bicyclic) bond motifs is 1. The SMILES string of the molecule is CS(=O)(=O)c1cccc(S(=O)(=O)N2CCOc3c(N4CCNCC4)cc(Cl)cc32)c1. The molecule has 4 rings (SSSR count). The van der Waals surface area contributed by atoms with Crippen LogP contribution in [0.1, 0.15) is 0 Å². The van der Waals surface area contributed by atoms with E-state index in [1.165, 1.54) is 28.6 Å². The average Bonchev–Trinajstić information content (AvgIpc) is 2.73. The molecule has 0 atom stereocenters. The quantitative estimate of drug-likeness (QED) is 0.725. The van der Waals surface area contributed by atoms with Crippen molar-refractivity contribution in [3.63, 3.8) is 0 Å². The smallest absolute Gasteiger partial charge is 0.264 e. The molecular weight excluding hydrogens is 450 g/mol. The summed E-state index contributed by atoms with van der Waals surface area (Å²) in [5.74, 6) is 0.468. The number of rotatable bonds is 4. The number of hydrogen-bond acceptors (Lipinski definition) is 7. The van der Waals surface area contributed by atoms with Crippen LogP contribution in [0.4, 0.5) is 11.4 Å². The van der Waals surface area contributed by atoms with Gasteiger partial charge in [0.05, 0.1) is 27.7 Å². The van der Waals surface area contributed by atoms with Gasteiger partial charge in [0.1, 0.15) is 6.61 Å². The van der Waals surface area contributed by atoms with E-state index in [0.29, 0.717) is 16.5 Å². The Balaban J connectivity index is 1.80. The van der Waals surface area contributed by atoms with Crippen molar-refractivity contribution >= 4 is 42.8 Å². The zero-order valence-corrected chi connectivity index (χ0v) is 18.7. The molecule has 0 radical (unpaired) electrons. The summed E-state index contributed by atoms with van der Waals surface area (Å²) in [6, 6.07) is 8.73. The maximum Gasteiger partial charge on any atom is 0.264 e. The van der Waals surface area contributed by atoms with Gasteiger partial charge in [-0.15, -0.1) is 0 Å². The van der Waals surface area contributed by atoms with Gasteiger partial charge in [0.25, 0.3) is 10.0 Å². The second kappa shape index (κ2) is 7.92. The Morgan fingerprint density at radius 3 is 2.33 bits per heavy atom. The van der Waals surface area contributed by atoms with Crippen LogP contribution in [0.2, 0.25) is 5.02 Å². The van der Waals surface area contributed by atoms with Crippen LogP contribution >= 0.6 is 11.6 Å². The number of nitrogens with zero attached hydrogens (tertiary/aromatic N) is 2. The zero-order valence-electron chi connectivity index (χ0n) is 16.3. The second-order valence-corrected chi connectivity index (χ2v) is 11.5. The van der Waals surface area contributed by atoms with E-state index in [0.717, 1.165) is 38.1 Å². The van der Waals surface area contributed by atoms with E-state index in [1.807, 2.05) is 0 Å². The van der Waals surface area contributed by atoms with Crippen molar-refractivity contribution in [2.24, 2.45) is 0 Å². The summed E-state index contributed by atoms with van der Waals surface area (Å²) in [6.45, 7) is 3.39. The maximum absolute atomic E-state index is 13.4. The first-order valence-corrected chi connectivity index (χ1v) is 13.1. The second-order valence-electron chi connectivity index (χ2n) is 7.18. The van der Waals surface area contributed by atoms with Gasteiger partial charge in [-0.1, -0.05) is 17.7 Å². The largest absolute Gasteiger partial charge is 0.487 e. The van der Waals surface area contributed by atoms with E-state index in [9.17, 15) is 16.8 Å². The van der Waals surface area contributed by atoms with Crippen molar-refractivity contribution in [2.75, 3.05) is 54.8 Å². The number of hydrogen-bond donors (Lipinski definition) is 1. The fraction of sp³-hybridized carbons (Fsp3) is 0.368. The predicted molar refractivity (Wildman–Crippen MR) is 116 cm³/mol. The minimum Gasteiger partial charge on any atom is -0.487 e. The third-order valence-corrected chi connectivity index (χ3v) is 8.24. The van der Waals surface area contributed by atoms with Gasteiger partial charge >= 0.3 is 0 Å². The Morgan fingerprint density at radius 2 is 1.63 bits per heavy atom. The van der Waals surface area contributed by atoms with Gasteiger partial charge in [-0.25, -0.2) is 16.8 Å². The van der Waals surface area contributed by atoms with Gasteiger partial charge in [-0.3, -0.25) is 4.31 Å². The summed E-state index contributed by atoms with van der Waals surface area (Å²) in [5, 5.41) is 3.68. The molecule has 0 spiro atoms. The third kappa shape index (κ3) is 3.96. The molecule has 11 heteroatoms. The molecule has 2 aromatic rings. The van der Waals surface area contributed by atoms with E-state index in [2.05, 4.69) is 10.2 Å². The number of benzene rings is 2. The van der Waals surface area contributed by atoms with Crippen LogP contribution < -0.4 is 19.3 Å². The summed E-state index contributed by atoms with van der Waals surface area (Å²) in [5.41, 5.74) is 1.11. The topological polar surface area (TPSA) is 96.0 Å². The molecule has 2 aliphatic heterocycles. The lowest BCUT2D eigenvalue weighted by atomic mass is 10.2. The first kappa shape index (κ1) is 21.2. The average molecular weight is 472 g/mol. The van der Waals surface area contributed by atoms with Crippen molar-refractivity contribution in [3.8, 4) is 5.75 Å². The molecular formula is C19H22ClN3O5S2. The van der Waals surface area contributed by atoms with Crippen LogP contribution in [-0.4, -0.2) is 62.4 Å². The summed E-state index contributed by atoms with van der Waals surface area (Å²) in [7, 11) is -7.57. The fourth-order valence-electron chi connectivity index (χ4n) is 3.63. The van der Waals surface area contributed by atoms with Crippen molar-refractivity contribution in [1.82, 2.24) is 5.32 Å². The summed E-state index contributed by atoms with van der Waals surface area (Å²) in [6.07, 6.45) is 1.04. The van der Waals surface area contributed by atoms with Crippen molar-refractivity contribution in [1.29, 1.82) is 0 Å². The molecule has 0 saturated carbocycles. The molecule has 1 fully saturated rings. The highest BCUT2D eigenvalue weighted by Crippen LogP contribution is 2.44. The van der Waals surface area contributed by atoms with E-state index in [-0.39, 0.29) is 22.9 Å². The molecule has 0 unspecified atom stereocenters. The van der Waals surface area contributed by atoms with E-state index in [1.54, 1.807) is 12.1 Å². The van der Waals surface area contributed by atoms with Crippen molar-refractivity contribution in [2.45, 2.75) is 9.79 Å². The number of piperazine rings is 1. The number of anilines is 2. The zero-order chi connectivity index (χ0) is 21.5. The number of halogens is 1. The lowest BCUT2D eigenvalue weighted by Gasteiger charge is -2.36. The molecule has 162 valence electrons. The first-order valence-electron chi connectivity index (χ1n) is 9.43. The third-order valence-electron chi connectivity index (χ3n) is 5.10. The van der Waals surface area contributed by atoms with Gasteiger partial charge in [-0.2, -0.15) is 0 Å². The molecule has 0 aromatic heterocycles. The Kier molecular flexibility index (Phi) is 5.60. The predicted octanol–water partition coefficient (Wildman–Crippen LogP) is 1.74. The van der Waals surface area contributed by atoms with E-state index in [4.69, 9.17) is 16.3 Å². The molecule has 30 heavy (non-hydrogen) atoms. The maximum atomic E-state index is 13.4. The molecule has 1 saturated heterocycles. The lowest BCUT2D eigenvalue weighted by Crippen LogP contribution is -2.44. The van der Waals surface area contributed by atoms with Crippen LogP contribution in [0.25, 0.3) is 0 Å². The summed E-state index contributed by atoms with van der Waals surface area (Å²) < 4.78 is 57.8. The first-order chi connectivity index (χ1) is 14.2. The molecule has 2 aliphatic rings. The highest BCUT2D eigenvalue weighted by Gasteiger charge is 2.33. The van der Waals surface area contributed by atoms with E-state index < -0.39 is 19.9 Å². The normalized spacial score (nSPS) is 17.4. The molecule has 0 amide bonds. The van der Waals surface area contributed by atoms with Gasteiger partial charge < -0.3 is 15.0 Å². The highest BCUT2D eigenvalue weighted by atomic mass is 35.5. The van der Waals surface area contributed by atoms with Gasteiger partial charge in [-0.05, 0) is 30.3 Å². The number of sulfone groups is 1. The molecule has 2 aromatic carbocycles. The summed E-state index contributed by atoms with van der Waals surface area (Å²) >= 11 is 6.35. The number of ether oxygens (including phenoxy) is 1. The fourth-order valence-corrected chi connectivity index (χ4v) is 6.07. The Morgan fingerprint density at radius 1 is 0.967 bits per heavy atom. The van der Waals surface area contributed by atoms with Gasteiger partial charge in [0.2, 0.25) is 0 Å². The lowest BCUT2D eigenvalue weighted by molar-refractivity contribution is 0.315. The molecule has 2 heterocycles. The van der Waals surface area contributed by atoms with Crippen LogP contribution in [-0.2, 0) is 19.9 Å². The van der Waals surface area contributed by atoms with Crippen LogP contribution in [0.5, 0.6) is 5.75 Å².